The molecule has 0 heterocycles. The first kappa shape index (κ1) is 15.4. The number of carbonyl (C=O) groups excluding carboxylic acids is 1. The zero-order chi connectivity index (χ0) is 13.8. The predicted molar refractivity (Wildman–Crippen MR) is 73.5 cm³/mol. The normalized spacial score (nSPS) is 27.4. The molecule has 0 spiro atoms. The Bertz CT molecular complexity index is 279. The Morgan fingerprint density at radius 3 is 2.67 bits per heavy atom. The number of rotatable bonds is 7. The van der Waals surface area contributed by atoms with Crippen LogP contribution in [0.15, 0.2) is 0 Å². The maximum absolute atomic E-state index is 11.7. The summed E-state index contributed by atoms with van der Waals surface area (Å²) in [6, 6.07) is 0.639. The minimum Gasteiger partial charge on any atom is -0.381 e. The van der Waals surface area contributed by atoms with E-state index in [0.717, 1.165) is 19.3 Å². The van der Waals surface area contributed by atoms with Crippen LogP contribution in [-0.4, -0.2) is 37.7 Å². The average molecular weight is 256 g/mol. The Labute approximate surface area is 111 Å². The molecule has 4 nitrogen and oxygen atoms in total. The maximum Gasteiger partial charge on any atom is 0.234 e. The molecular formula is C14H28N2O2. The van der Waals surface area contributed by atoms with Gasteiger partial charge in [-0.05, 0) is 19.8 Å². The van der Waals surface area contributed by atoms with Crippen molar-refractivity contribution in [1.82, 2.24) is 10.6 Å². The van der Waals surface area contributed by atoms with Crippen molar-refractivity contribution in [3.05, 3.63) is 0 Å². The van der Waals surface area contributed by atoms with Gasteiger partial charge in [0.15, 0.2) is 0 Å². The van der Waals surface area contributed by atoms with E-state index in [9.17, 15) is 4.79 Å². The summed E-state index contributed by atoms with van der Waals surface area (Å²) in [5, 5.41) is 6.33. The zero-order valence-corrected chi connectivity index (χ0v) is 12.4. The van der Waals surface area contributed by atoms with E-state index in [0.29, 0.717) is 18.7 Å². The Kier molecular flexibility index (Phi) is 5.60. The van der Waals surface area contributed by atoms with E-state index < -0.39 is 0 Å². The van der Waals surface area contributed by atoms with Crippen molar-refractivity contribution in [2.75, 3.05) is 13.7 Å². The molecule has 4 heteroatoms. The van der Waals surface area contributed by atoms with Gasteiger partial charge in [0, 0.05) is 24.6 Å². The largest absolute Gasteiger partial charge is 0.381 e. The van der Waals surface area contributed by atoms with E-state index in [1.807, 2.05) is 0 Å². The highest BCUT2D eigenvalue weighted by molar-refractivity contribution is 5.78. The third kappa shape index (κ3) is 3.69. The van der Waals surface area contributed by atoms with E-state index in [1.54, 1.807) is 7.11 Å². The molecule has 0 aromatic heterocycles. The summed E-state index contributed by atoms with van der Waals surface area (Å²) < 4.78 is 5.39. The number of ether oxygens (including phenoxy) is 1. The molecule has 1 amide bonds. The predicted octanol–water partition coefficient (Wildman–Crippen LogP) is 1.69. The van der Waals surface area contributed by atoms with Crippen LogP contribution < -0.4 is 10.6 Å². The number of methoxy groups -OCH3 is 1. The fraction of sp³-hybridized carbons (Fsp3) is 0.929. The highest BCUT2D eigenvalue weighted by atomic mass is 16.5. The van der Waals surface area contributed by atoms with E-state index in [2.05, 4.69) is 38.3 Å². The minimum atomic E-state index is 0.0904. The van der Waals surface area contributed by atoms with Crippen LogP contribution in [0.5, 0.6) is 0 Å². The molecule has 1 fully saturated rings. The van der Waals surface area contributed by atoms with Crippen molar-refractivity contribution in [3.63, 3.8) is 0 Å². The van der Waals surface area contributed by atoms with Crippen LogP contribution in [0, 0.1) is 5.41 Å². The lowest BCUT2D eigenvalue weighted by Crippen LogP contribution is -2.61. The molecule has 0 aromatic rings. The second-order valence-electron chi connectivity index (χ2n) is 5.97. The molecule has 1 rings (SSSR count). The highest BCUT2D eigenvalue weighted by Gasteiger charge is 2.48. The molecule has 1 aliphatic carbocycles. The van der Waals surface area contributed by atoms with Gasteiger partial charge in [-0.25, -0.2) is 0 Å². The smallest absolute Gasteiger partial charge is 0.234 e. The lowest BCUT2D eigenvalue weighted by atomic mass is 9.64. The van der Waals surface area contributed by atoms with E-state index in [-0.39, 0.29) is 17.4 Å². The third-order valence-electron chi connectivity index (χ3n) is 4.10. The molecule has 0 saturated heterocycles. The molecule has 0 radical (unpaired) electrons. The molecule has 3 atom stereocenters. The van der Waals surface area contributed by atoms with Gasteiger partial charge in [-0.15, -0.1) is 0 Å². The maximum atomic E-state index is 11.7. The summed E-state index contributed by atoms with van der Waals surface area (Å²) in [6.07, 6.45) is 3.42. The fourth-order valence-corrected chi connectivity index (χ4v) is 2.68. The summed E-state index contributed by atoms with van der Waals surface area (Å²) in [5.41, 5.74) is 0.115. The molecule has 18 heavy (non-hydrogen) atoms. The average Bonchev–Trinajstić information content (AvgIpc) is 2.28. The van der Waals surface area contributed by atoms with Gasteiger partial charge in [0.1, 0.15) is 0 Å². The van der Waals surface area contributed by atoms with Crippen LogP contribution in [0.25, 0.3) is 0 Å². The first-order chi connectivity index (χ1) is 8.41. The van der Waals surface area contributed by atoms with Gasteiger partial charge in [0.25, 0.3) is 0 Å². The first-order valence-electron chi connectivity index (χ1n) is 6.97. The van der Waals surface area contributed by atoms with E-state index >= 15 is 0 Å². The van der Waals surface area contributed by atoms with Gasteiger partial charge in [0.2, 0.25) is 5.91 Å². The topological polar surface area (TPSA) is 50.4 Å². The molecule has 1 saturated carbocycles. The van der Waals surface area contributed by atoms with E-state index in [1.165, 1.54) is 0 Å². The van der Waals surface area contributed by atoms with E-state index in [4.69, 9.17) is 4.74 Å². The van der Waals surface area contributed by atoms with Gasteiger partial charge in [-0.2, -0.15) is 0 Å². The number of nitrogens with one attached hydrogen (secondary N) is 2. The monoisotopic (exact) mass is 256 g/mol. The molecule has 2 N–H and O–H groups in total. The van der Waals surface area contributed by atoms with Crippen LogP contribution in [0.4, 0.5) is 0 Å². The summed E-state index contributed by atoms with van der Waals surface area (Å²) in [4.78, 5) is 11.7. The second-order valence-corrected chi connectivity index (χ2v) is 5.97. The third-order valence-corrected chi connectivity index (χ3v) is 4.10. The van der Waals surface area contributed by atoms with Crippen LogP contribution in [0.1, 0.15) is 47.0 Å². The molecular weight excluding hydrogens is 228 g/mol. The fourth-order valence-electron chi connectivity index (χ4n) is 2.68. The zero-order valence-electron chi connectivity index (χ0n) is 12.4. The van der Waals surface area contributed by atoms with Crippen LogP contribution in [0.3, 0.4) is 0 Å². The number of hydrogen-bond acceptors (Lipinski definition) is 3. The van der Waals surface area contributed by atoms with Crippen LogP contribution in [-0.2, 0) is 9.53 Å². The van der Waals surface area contributed by atoms with Crippen molar-refractivity contribution >= 4 is 5.91 Å². The quantitative estimate of drug-likeness (QED) is 0.729. The molecule has 1 aliphatic rings. The van der Waals surface area contributed by atoms with Crippen molar-refractivity contribution in [2.24, 2.45) is 5.41 Å². The second kappa shape index (κ2) is 6.53. The summed E-state index contributed by atoms with van der Waals surface area (Å²) in [5.74, 6) is 0.0904. The molecule has 0 aliphatic heterocycles. The van der Waals surface area contributed by atoms with Gasteiger partial charge in [-0.1, -0.05) is 27.2 Å². The van der Waals surface area contributed by atoms with Crippen molar-refractivity contribution in [2.45, 2.75) is 65.1 Å². The SMILES string of the molecule is CCCC(C)NC(=O)CNC1CC(OC)C1(C)C. The van der Waals surface area contributed by atoms with Gasteiger partial charge in [-0.3, -0.25) is 4.79 Å². The summed E-state index contributed by atoms with van der Waals surface area (Å²) >= 11 is 0. The van der Waals surface area contributed by atoms with Crippen LogP contribution in [0.2, 0.25) is 0 Å². The van der Waals surface area contributed by atoms with Gasteiger partial charge >= 0.3 is 0 Å². The molecule has 0 bridgehead atoms. The Morgan fingerprint density at radius 2 is 2.17 bits per heavy atom. The first-order valence-corrected chi connectivity index (χ1v) is 6.97. The summed E-state index contributed by atoms with van der Waals surface area (Å²) in [6.45, 7) is 8.94. The molecule has 0 aromatic carbocycles. The molecule has 3 unspecified atom stereocenters. The van der Waals surface area contributed by atoms with Crippen LogP contribution >= 0.6 is 0 Å². The van der Waals surface area contributed by atoms with Gasteiger partial charge < -0.3 is 15.4 Å². The van der Waals surface area contributed by atoms with Crippen molar-refractivity contribution < 1.29 is 9.53 Å². The highest BCUT2D eigenvalue weighted by Crippen LogP contribution is 2.42. The van der Waals surface area contributed by atoms with Gasteiger partial charge in [0.05, 0.1) is 12.6 Å². The minimum absolute atomic E-state index is 0.0904. The lowest BCUT2D eigenvalue weighted by Gasteiger charge is -2.51. The number of carbonyl (C=O) groups is 1. The van der Waals surface area contributed by atoms with Crippen molar-refractivity contribution in [1.29, 1.82) is 0 Å². The van der Waals surface area contributed by atoms with Crippen molar-refractivity contribution in [3.8, 4) is 0 Å². The molecule has 106 valence electrons. The summed E-state index contributed by atoms with van der Waals surface area (Å²) in [7, 11) is 1.75. The Morgan fingerprint density at radius 1 is 1.50 bits per heavy atom. The number of amides is 1. The lowest BCUT2D eigenvalue weighted by molar-refractivity contribution is -0.124. The number of hydrogen-bond donors (Lipinski definition) is 2. The Balaban J connectivity index is 2.24. The standard InChI is InChI=1S/C14H28N2O2/c1-6-7-10(2)16-13(17)9-15-11-8-12(18-5)14(11,3)4/h10-12,15H,6-9H2,1-5H3,(H,16,17). The Hall–Kier alpha value is -0.610.